The van der Waals surface area contributed by atoms with Crippen molar-refractivity contribution in [3.05, 3.63) is 53.6 Å². The zero-order valence-electron chi connectivity index (χ0n) is 16.2. The van der Waals surface area contributed by atoms with Crippen LogP contribution >= 0.6 is 0 Å². The predicted octanol–water partition coefficient (Wildman–Crippen LogP) is 3.36. The molecule has 0 bridgehead atoms. The Kier molecular flexibility index (Phi) is 6.89. The van der Waals surface area contributed by atoms with Crippen LogP contribution in [-0.4, -0.2) is 38.5 Å². The van der Waals surface area contributed by atoms with E-state index in [0.717, 1.165) is 23.3 Å². The van der Waals surface area contributed by atoms with Crippen molar-refractivity contribution in [3.8, 4) is 17.2 Å². The molecule has 2 N–H and O–H groups in total. The molecule has 0 radical (unpaired) electrons. The summed E-state index contributed by atoms with van der Waals surface area (Å²) in [4.78, 5) is 0. The third-order valence-electron chi connectivity index (χ3n) is 4.37. The maximum Gasteiger partial charge on any atom is 0.160 e. The third-order valence-corrected chi connectivity index (χ3v) is 4.37. The summed E-state index contributed by atoms with van der Waals surface area (Å²) in [6.07, 6.45) is 0.141. The van der Waals surface area contributed by atoms with E-state index in [1.54, 1.807) is 21.3 Å². The van der Waals surface area contributed by atoms with E-state index in [1.165, 1.54) is 0 Å². The van der Waals surface area contributed by atoms with Crippen molar-refractivity contribution >= 4 is 0 Å². The van der Waals surface area contributed by atoms with Crippen LogP contribution in [0.2, 0.25) is 0 Å². The van der Waals surface area contributed by atoms with Gasteiger partial charge in [-0.25, -0.2) is 0 Å². The van der Waals surface area contributed by atoms with Crippen molar-refractivity contribution < 1.29 is 19.3 Å². The fraction of sp³-hybridized carbons (Fsp3) is 0.429. The maximum absolute atomic E-state index is 10.5. The smallest absolute Gasteiger partial charge is 0.160 e. The van der Waals surface area contributed by atoms with E-state index in [4.69, 9.17) is 14.2 Å². The first kappa shape index (κ1) is 20.1. The van der Waals surface area contributed by atoms with E-state index in [-0.39, 0.29) is 5.54 Å². The van der Waals surface area contributed by atoms with E-state index in [1.807, 2.05) is 42.5 Å². The summed E-state index contributed by atoms with van der Waals surface area (Å²) in [7, 11) is 4.87. The van der Waals surface area contributed by atoms with Gasteiger partial charge in [0.2, 0.25) is 0 Å². The average Bonchev–Trinajstić information content (AvgIpc) is 2.65. The Labute approximate surface area is 155 Å². The summed E-state index contributed by atoms with van der Waals surface area (Å²) in [6.45, 7) is 4.65. The second-order valence-electron chi connectivity index (χ2n) is 6.89. The zero-order chi connectivity index (χ0) is 19.2. The van der Waals surface area contributed by atoms with Crippen molar-refractivity contribution in [3.63, 3.8) is 0 Å². The molecule has 1 atom stereocenters. The first-order valence-electron chi connectivity index (χ1n) is 8.67. The number of hydrogen-bond acceptors (Lipinski definition) is 5. The van der Waals surface area contributed by atoms with Crippen LogP contribution in [0.25, 0.3) is 0 Å². The van der Waals surface area contributed by atoms with Crippen LogP contribution in [0.5, 0.6) is 17.2 Å². The molecule has 2 rings (SSSR count). The third kappa shape index (κ3) is 5.13. The molecule has 0 aliphatic carbocycles. The highest BCUT2D eigenvalue weighted by Crippen LogP contribution is 2.29. The number of rotatable bonds is 9. The van der Waals surface area contributed by atoms with Crippen molar-refractivity contribution in [2.75, 3.05) is 27.9 Å². The Morgan fingerprint density at radius 2 is 1.58 bits per heavy atom. The van der Waals surface area contributed by atoms with Gasteiger partial charge in [0.15, 0.2) is 11.5 Å². The molecule has 2 aromatic carbocycles. The zero-order valence-corrected chi connectivity index (χ0v) is 16.2. The quantitative estimate of drug-likeness (QED) is 0.719. The minimum atomic E-state index is -0.643. The Balaban J connectivity index is 2.02. The van der Waals surface area contributed by atoms with E-state index in [9.17, 15) is 5.11 Å². The molecule has 0 amide bonds. The number of ether oxygens (including phenoxy) is 3. The number of aliphatic hydroxyl groups excluding tert-OH is 1. The lowest BCUT2D eigenvalue weighted by Crippen LogP contribution is -2.43. The van der Waals surface area contributed by atoms with Gasteiger partial charge in [-0.2, -0.15) is 0 Å². The van der Waals surface area contributed by atoms with Gasteiger partial charge in [0, 0.05) is 17.6 Å². The molecule has 1 unspecified atom stereocenters. The number of hydrogen-bond donors (Lipinski definition) is 2. The van der Waals surface area contributed by atoms with Gasteiger partial charge in [0.25, 0.3) is 0 Å². The molecule has 5 nitrogen and oxygen atoms in total. The monoisotopic (exact) mass is 359 g/mol. The molecule has 0 heterocycles. The first-order valence-corrected chi connectivity index (χ1v) is 8.67. The number of methoxy groups -OCH3 is 3. The highest BCUT2D eigenvalue weighted by Gasteiger charge is 2.21. The van der Waals surface area contributed by atoms with Crippen LogP contribution in [-0.2, 0) is 6.42 Å². The van der Waals surface area contributed by atoms with E-state index < -0.39 is 6.10 Å². The normalized spacial score (nSPS) is 12.5. The molecule has 2 aromatic rings. The second kappa shape index (κ2) is 8.92. The Morgan fingerprint density at radius 1 is 0.923 bits per heavy atom. The van der Waals surface area contributed by atoms with Gasteiger partial charge in [-0.1, -0.05) is 24.3 Å². The van der Waals surface area contributed by atoms with Gasteiger partial charge >= 0.3 is 0 Å². The molecule has 0 aliphatic rings. The molecule has 5 heteroatoms. The van der Waals surface area contributed by atoms with Crippen molar-refractivity contribution in [2.45, 2.75) is 31.9 Å². The van der Waals surface area contributed by atoms with Crippen molar-refractivity contribution in [1.82, 2.24) is 5.32 Å². The molecular weight excluding hydrogens is 330 g/mol. The van der Waals surface area contributed by atoms with Crippen LogP contribution < -0.4 is 19.5 Å². The summed E-state index contributed by atoms with van der Waals surface area (Å²) >= 11 is 0. The minimum absolute atomic E-state index is 0.206. The molecular formula is C21H29NO4. The van der Waals surface area contributed by atoms with Crippen LogP contribution in [0.4, 0.5) is 0 Å². The molecule has 0 aromatic heterocycles. The summed E-state index contributed by atoms with van der Waals surface area (Å²) in [5.41, 5.74) is 1.71. The Bertz CT molecular complexity index is 715. The average molecular weight is 359 g/mol. The van der Waals surface area contributed by atoms with Crippen LogP contribution in [0, 0.1) is 0 Å². The fourth-order valence-corrected chi connectivity index (χ4v) is 2.99. The lowest BCUT2D eigenvalue weighted by molar-refractivity contribution is 0.157. The Morgan fingerprint density at radius 3 is 2.23 bits per heavy atom. The molecule has 0 fully saturated rings. The molecule has 0 saturated carbocycles. The molecule has 0 aliphatic heterocycles. The van der Waals surface area contributed by atoms with Gasteiger partial charge in [-0.15, -0.1) is 0 Å². The van der Waals surface area contributed by atoms with Crippen LogP contribution in [0.15, 0.2) is 42.5 Å². The van der Waals surface area contributed by atoms with Crippen molar-refractivity contribution in [1.29, 1.82) is 0 Å². The Hall–Kier alpha value is -2.24. The first-order chi connectivity index (χ1) is 12.4. The van der Waals surface area contributed by atoms with Gasteiger partial charge in [0.1, 0.15) is 5.75 Å². The minimum Gasteiger partial charge on any atom is -0.496 e. The molecule has 0 spiro atoms. The standard InChI is InChI=1S/C21H29NO4/c1-21(2,13-15-10-11-19(25-4)20(12-15)26-5)22-14-17(23)16-8-6-7-9-18(16)24-3/h6-12,17,22-23H,13-14H2,1-5H3. The largest absolute Gasteiger partial charge is 0.496 e. The van der Waals surface area contributed by atoms with Gasteiger partial charge in [0.05, 0.1) is 27.4 Å². The van der Waals surface area contributed by atoms with E-state index in [0.29, 0.717) is 18.0 Å². The summed E-state index contributed by atoms with van der Waals surface area (Å²) < 4.78 is 16.0. The van der Waals surface area contributed by atoms with Crippen molar-refractivity contribution in [2.24, 2.45) is 0 Å². The molecule has 142 valence electrons. The van der Waals surface area contributed by atoms with Gasteiger partial charge in [-0.05, 0) is 44.0 Å². The van der Waals surface area contributed by atoms with E-state index in [2.05, 4.69) is 19.2 Å². The van der Waals surface area contributed by atoms with Gasteiger partial charge < -0.3 is 24.6 Å². The second-order valence-corrected chi connectivity index (χ2v) is 6.89. The molecule has 26 heavy (non-hydrogen) atoms. The van der Waals surface area contributed by atoms with Crippen LogP contribution in [0.3, 0.4) is 0 Å². The highest BCUT2D eigenvalue weighted by molar-refractivity contribution is 5.43. The topological polar surface area (TPSA) is 60.0 Å². The number of β-amino-alcohol motifs (C(OH)–C–C–N with tert-alkyl or cyclic N) is 1. The summed E-state index contributed by atoms with van der Waals surface area (Å²) in [5, 5.41) is 14.0. The van der Waals surface area contributed by atoms with Crippen LogP contribution in [0.1, 0.15) is 31.1 Å². The SMILES string of the molecule is COc1ccc(CC(C)(C)NCC(O)c2ccccc2OC)cc1OC. The lowest BCUT2D eigenvalue weighted by atomic mass is 9.94. The molecule has 0 saturated heterocycles. The number of para-hydroxylation sites is 1. The van der Waals surface area contributed by atoms with E-state index >= 15 is 0 Å². The number of aliphatic hydroxyl groups is 1. The predicted molar refractivity (Wildman–Crippen MR) is 103 cm³/mol. The summed E-state index contributed by atoms with van der Waals surface area (Å²) in [5.74, 6) is 2.13. The maximum atomic E-state index is 10.5. The highest BCUT2D eigenvalue weighted by atomic mass is 16.5. The number of benzene rings is 2. The van der Waals surface area contributed by atoms with Gasteiger partial charge in [-0.3, -0.25) is 0 Å². The number of nitrogens with one attached hydrogen (secondary N) is 1. The fourth-order valence-electron chi connectivity index (χ4n) is 2.99. The lowest BCUT2D eigenvalue weighted by Gasteiger charge is -2.28. The summed E-state index contributed by atoms with van der Waals surface area (Å²) in [6, 6.07) is 13.5.